The van der Waals surface area contributed by atoms with Gasteiger partial charge in [-0.25, -0.2) is 0 Å². The minimum atomic E-state index is -0.613. The van der Waals surface area contributed by atoms with E-state index in [1.165, 1.54) is 25.7 Å². The average molecular weight is 238 g/mol. The molecule has 4 unspecified atom stereocenters. The van der Waals surface area contributed by atoms with E-state index in [4.69, 9.17) is 0 Å². The van der Waals surface area contributed by atoms with Crippen molar-refractivity contribution in [1.82, 2.24) is 0 Å². The van der Waals surface area contributed by atoms with Crippen molar-refractivity contribution in [3.05, 3.63) is 0 Å². The zero-order valence-corrected chi connectivity index (χ0v) is 11.6. The number of aliphatic carboxylic acids is 1. The minimum Gasteiger partial charge on any atom is -0.481 e. The van der Waals surface area contributed by atoms with E-state index in [0.717, 1.165) is 0 Å². The monoisotopic (exact) mass is 238 g/mol. The molecule has 0 radical (unpaired) electrons. The number of hydrogen-bond acceptors (Lipinski definition) is 1. The van der Waals surface area contributed by atoms with E-state index in [0.29, 0.717) is 29.6 Å². The van der Waals surface area contributed by atoms with Crippen LogP contribution >= 0.6 is 0 Å². The van der Waals surface area contributed by atoms with Gasteiger partial charge in [0.25, 0.3) is 0 Å². The summed E-state index contributed by atoms with van der Waals surface area (Å²) in [5, 5.41) is 9.19. The van der Waals surface area contributed by atoms with Crippen LogP contribution in [0.4, 0.5) is 0 Å². The van der Waals surface area contributed by atoms with Gasteiger partial charge in [0.2, 0.25) is 0 Å². The zero-order chi connectivity index (χ0) is 12.8. The van der Waals surface area contributed by atoms with Crippen LogP contribution in [0.15, 0.2) is 0 Å². The fraction of sp³-hybridized carbons (Fsp3) is 0.933. The molecular formula is C15H26O2. The van der Waals surface area contributed by atoms with Crippen molar-refractivity contribution >= 4 is 5.97 Å². The van der Waals surface area contributed by atoms with Crippen LogP contribution in [0.1, 0.15) is 59.8 Å². The first-order valence-electron chi connectivity index (χ1n) is 6.99. The van der Waals surface area contributed by atoms with E-state index in [2.05, 4.69) is 27.7 Å². The molecule has 2 rings (SSSR count). The Morgan fingerprint density at radius 3 is 2.53 bits per heavy atom. The fourth-order valence-corrected chi connectivity index (χ4v) is 4.61. The van der Waals surface area contributed by atoms with Crippen LogP contribution < -0.4 is 0 Å². The van der Waals surface area contributed by atoms with Gasteiger partial charge in [0, 0.05) is 6.42 Å². The number of fused-ring (bicyclic) bond motifs is 2. The maximum atomic E-state index is 11.2. The third-order valence-electron chi connectivity index (χ3n) is 6.00. The first-order chi connectivity index (χ1) is 7.77. The summed E-state index contributed by atoms with van der Waals surface area (Å²) < 4.78 is 0. The van der Waals surface area contributed by atoms with Crippen LogP contribution in [0.3, 0.4) is 0 Å². The Hall–Kier alpha value is -0.530. The summed E-state index contributed by atoms with van der Waals surface area (Å²) in [5.74, 6) is 1.04. The lowest BCUT2D eigenvalue weighted by molar-refractivity contribution is -0.139. The maximum Gasteiger partial charge on any atom is 0.303 e. The van der Waals surface area contributed by atoms with Gasteiger partial charge in [-0.3, -0.25) is 4.79 Å². The molecule has 0 aromatic heterocycles. The third-order valence-corrected chi connectivity index (χ3v) is 6.00. The van der Waals surface area contributed by atoms with Crippen molar-refractivity contribution in [2.75, 3.05) is 0 Å². The summed E-state index contributed by atoms with van der Waals surface area (Å²) in [6, 6.07) is 0. The van der Waals surface area contributed by atoms with Crippen molar-refractivity contribution in [3.8, 4) is 0 Å². The highest BCUT2D eigenvalue weighted by Gasteiger charge is 2.55. The number of carboxylic acid groups (broad SMARTS) is 1. The molecule has 4 atom stereocenters. The summed E-state index contributed by atoms with van der Waals surface area (Å²) in [4.78, 5) is 11.2. The number of rotatable bonds is 2. The van der Waals surface area contributed by atoms with Crippen molar-refractivity contribution < 1.29 is 9.90 Å². The van der Waals surface area contributed by atoms with Gasteiger partial charge in [0.05, 0.1) is 0 Å². The molecule has 2 aliphatic carbocycles. The van der Waals surface area contributed by atoms with Crippen LogP contribution in [0.5, 0.6) is 0 Å². The molecule has 0 spiro atoms. The van der Waals surface area contributed by atoms with Crippen molar-refractivity contribution in [3.63, 3.8) is 0 Å². The zero-order valence-electron chi connectivity index (χ0n) is 11.6. The Bertz CT molecular complexity index is 321. The Balaban J connectivity index is 2.35. The van der Waals surface area contributed by atoms with Crippen molar-refractivity contribution in [2.24, 2.45) is 28.6 Å². The molecule has 0 aromatic carbocycles. The van der Waals surface area contributed by atoms with E-state index in [1.807, 2.05) is 0 Å². The Morgan fingerprint density at radius 2 is 1.94 bits per heavy atom. The quantitative estimate of drug-likeness (QED) is 0.791. The van der Waals surface area contributed by atoms with E-state index in [1.54, 1.807) is 0 Å². The topological polar surface area (TPSA) is 37.3 Å². The van der Waals surface area contributed by atoms with Gasteiger partial charge in [-0.1, -0.05) is 34.1 Å². The minimum absolute atomic E-state index is 0.261. The second-order valence-corrected chi connectivity index (χ2v) is 7.30. The Labute approximate surface area is 105 Å². The molecule has 2 aliphatic rings. The molecule has 0 aromatic rings. The van der Waals surface area contributed by atoms with Gasteiger partial charge < -0.3 is 5.11 Å². The second-order valence-electron chi connectivity index (χ2n) is 7.30. The SMILES string of the molecule is CC1CC2C(CC(=O)O)C1(C)CCCC2(C)C. The van der Waals surface area contributed by atoms with Gasteiger partial charge >= 0.3 is 5.97 Å². The van der Waals surface area contributed by atoms with Gasteiger partial charge in [0.15, 0.2) is 0 Å². The lowest BCUT2D eigenvalue weighted by Crippen LogP contribution is -2.32. The summed E-state index contributed by atoms with van der Waals surface area (Å²) in [6.07, 6.45) is 5.33. The standard InChI is InChI=1S/C15H26O2/c1-10-8-11-12(9-13(16)17)15(10,4)7-5-6-14(11,2)3/h10-12H,5-9H2,1-4H3,(H,16,17). The first-order valence-corrected chi connectivity index (χ1v) is 6.99. The lowest BCUT2D eigenvalue weighted by atomic mass is 9.67. The van der Waals surface area contributed by atoms with Gasteiger partial charge in [0.1, 0.15) is 0 Å². The molecule has 0 aliphatic heterocycles. The number of hydrogen-bond donors (Lipinski definition) is 1. The predicted octanol–water partition coefficient (Wildman–Crippen LogP) is 3.95. The Kier molecular flexibility index (Phi) is 3.04. The van der Waals surface area contributed by atoms with Gasteiger partial charge in [-0.05, 0) is 47.8 Å². The highest BCUT2D eigenvalue weighted by atomic mass is 16.4. The Morgan fingerprint density at radius 1 is 1.29 bits per heavy atom. The molecule has 98 valence electrons. The van der Waals surface area contributed by atoms with E-state index in [-0.39, 0.29) is 5.41 Å². The molecule has 0 saturated heterocycles. The van der Waals surface area contributed by atoms with Gasteiger partial charge in [-0.15, -0.1) is 0 Å². The highest BCUT2D eigenvalue weighted by molar-refractivity contribution is 5.67. The molecule has 2 heteroatoms. The smallest absolute Gasteiger partial charge is 0.303 e. The number of carboxylic acids is 1. The van der Waals surface area contributed by atoms with E-state index in [9.17, 15) is 9.90 Å². The molecule has 0 heterocycles. The van der Waals surface area contributed by atoms with E-state index < -0.39 is 5.97 Å². The predicted molar refractivity (Wildman–Crippen MR) is 68.8 cm³/mol. The molecule has 1 N–H and O–H groups in total. The van der Waals surface area contributed by atoms with E-state index >= 15 is 0 Å². The summed E-state index contributed by atoms with van der Waals surface area (Å²) in [7, 11) is 0. The van der Waals surface area contributed by atoms with Crippen molar-refractivity contribution in [1.29, 1.82) is 0 Å². The first kappa shape index (κ1) is 12.9. The summed E-state index contributed by atoms with van der Waals surface area (Å²) in [6.45, 7) is 9.36. The van der Waals surface area contributed by atoms with Crippen LogP contribution in [0, 0.1) is 28.6 Å². The summed E-state index contributed by atoms with van der Waals surface area (Å²) >= 11 is 0. The molecule has 2 nitrogen and oxygen atoms in total. The summed E-state index contributed by atoms with van der Waals surface area (Å²) in [5.41, 5.74) is 0.583. The largest absolute Gasteiger partial charge is 0.481 e. The van der Waals surface area contributed by atoms with Gasteiger partial charge in [-0.2, -0.15) is 0 Å². The van der Waals surface area contributed by atoms with Crippen molar-refractivity contribution in [2.45, 2.75) is 59.8 Å². The molecule has 2 bridgehead atoms. The second kappa shape index (κ2) is 4.00. The molecule has 2 saturated carbocycles. The number of carbonyl (C=O) groups is 1. The molecule has 2 fully saturated rings. The van der Waals surface area contributed by atoms with Crippen LogP contribution in [0.25, 0.3) is 0 Å². The average Bonchev–Trinajstić information content (AvgIpc) is 2.37. The van der Waals surface area contributed by atoms with Crippen LogP contribution in [-0.4, -0.2) is 11.1 Å². The maximum absolute atomic E-state index is 11.2. The molecular weight excluding hydrogens is 212 g/mol. The lowest BCUT2D eigenvalue weighted by Gasteiger charge is -2.37. The molecule has 0 amide bonds. The van der Waals surface area contributed by atoms with Crippen LogP contribution in [-0.2, 0) is 4.79 Å². The normalized spacial score (nSPS) is 44.4. The fourth-order valence-electron chi connectivity index (χ4n) is 4.61. The van der Waals surface area contributed by atoms with Crippen LogP contribution in [0.2, 0.25) is 0 Å². The third kappa shape index (κ3) is 2.00. The highest BCUT2D eigenvalue weighted by Crippen LogP contribution is 2.62. The molecule has 17 heavy (non-hydrogen) atoms.